The summed E-state index contributed by atoms with van der Waals surface area (Å²) in [7, 11) is 1.47. The van der Waals surface area contributed by atoms with Gasteiger partial charge in [-0.2, -0.15) is 0 Å². The zero-order chi connectivity index (χ0) is 22.0. The van der Waals surface area contributed by atoms with E-state index in [0.29, 0.717) is 15.8 Å². The monoisotopic (exact) mass is 472 g/mol. The molecule has 0 saturated carbocycles. The second-order valence-electron chi connectivity index (χ2n) is 7.09. The van der Waals surface area contributed by atoms with Gasteiger partial charge in [-0.25, -0.2) is 0 Å². The number of carbonyl (C=O) groups is 1. The third-order valence-electron chi connectivity index (χ3n) is 4.93. The van der Waals surface area contributed by atoms with Crippen molar-refractivity contribution < 1.29 is 9.53 Å². The molecule has 9 heteroatoms. The minimum atomic E-state index is -0.266. The van der Waals surface area contributed by atoms with E-state index in [2.05, 4.69) is 39.6 Å². The summed E-state index contributed by atoms with van der Waals surface area (Å²) in [5.41, 5.74) is 2.27. The van der Waals surface area contributed by atoms with Crippen LogP contribution in [0.1, 0.15) is 27.5 Å². The number of thiocarbonyl (C=S) groups is 1. The minimum Gasteiger partial charge on any atom is -0.375 e. The Labute approximate surface area is 195 Å². The van der Waals surface area contributed by atoms with Gasteiger partial charge in [-0.3, -0.25) is 9.78 Å². The number of halogens is 1. The number of benzene rings is 1. The van der Waals surface area contributed by atoms with Gasteiger partial charge in [-0.15, -0.1) is 11.3 Å². The molecule has 0 spiro atoms. The Morgan fingerprint density at radius 2 is 2.16 bits per heavy atom. The summed E-state index contributed by atoms with van der Waals surface area (Å²) in [5, 5.41) is 7.20. The topological polar surface area (TPSA) is 66.5 Å². The number of pyridine rings is 1. The number of hydrogen-bond donors (Lipinski definition) is 2. The molecule has 31 heavy (non-hydrogen) atoms. The van der Waals surface area contributed by atoms with Gasteiger partial charge in [0.2, 0.25) is 5.91 Å². The molecule has 2 unspecified atom stereocenters. The average Bonchev–Trinajstić information content (AvgIpc) is 3.33. The SMILES string of the molecule is COCC(=O)Nc1ccc(N2C(=S)NC(c3ccccn3)C2c2ccc(C)s2)cc1Cl. The summed E-state index contributed by atoms with van der Waals surface area (Å²) in [5.74, 6) is -0.266. The van der Waals surface area contributed by atoms with Crippen molar-refractivity contribution in [3.05, 3.63) is 75.2 Å². The predicted molar refractivity (Wildman–Crippen MR) is 129 cm³/mol. The van der Waals surface area contributed by atoms with Gasteiger partial charge >= 0.3 is 0 Å². The number of thiophene rings is 1. The van der Waals surface area contributed by atoms with Gasteiger partial charge < -0.3 is 20.3 Å². The fraction of sp³-hybridized carbons (Fsp3) is 0.227. The lowest BCUT2D eigenvalue weighted by atomic mass is 10.0. The molecule has 2 aromatic heterocycles. The second kappa shape index (κ2) is 9.32. The van der Waals surface area contributed by atoms with E-state index >= 15 is 0 Å². The van der Waals surface area contributed by atoms with Crippen molar-refractivity contribution in [2.45, 2.75) is 19.0 Å². The number of aromatic nitrogens is 1. The number of ether oxygens (including phenoxy) is 1. The molecule has 6 nitrogen and oxygen atoms in total. The van der Waals surface area contributed by atoms with E-state index in [1.54, 1.807) is 23.6 Å². The third kappa shape index (κ3) is 4.57. The number of nitrogens with one attached hydrogen (secondary N) is 2. The number of amides is 1. The van der Waals surface area contributed by atoms with E-state index in [9.17, 15) is 4.79 Å². The molecule has 2 atom stereocenters. The molecule has 1 aromatic carbocycles. The Hall–Kier alpha value is -2.52. The Bertz CT molecular complexity index is 1110. The third-order valence-corrected chi connectivity index (χ3v) is 6.63. The van der Waals surface area contributed by atoms with Crippen molar-refractivity contribution in [1.29, 1.82) is 0 Å². The smallest absolute Gasteiger partial charge is 0.250 e. The van der Waals surface area contributed by atoms with Gasteiger partial charge in [0.1, 0.15) is 6.61 Å². The molecule has 0 radical (unpaired) electrons. The van der Waals surface area contributed by atoms with Crippen molar-refractivity contribution in [2.24, 2.45) is 0 Å². The number of rotatable bonds is 6. The molecule has 1 aliphatic rings. The predicted octanol–water partition coefficient (Wildman–Crippen LogP) is 4.87. The Kier molecular flexibility index (Phi) is 6.52. The molecule has 160 valence electrons. The molecule has 1 aliphatic heterocycles. The van der Waals surface area contributed by atoms with Crippen LogP contribution in [-0.4, -0.2) is 29.7 Å². The molecular weight excluding hydrogens is 452 g/mol. The van der Waals surface area contributed by atoms with Crippen molar-refractivity contribution in [2.75, 3.05) is 23.9 Å². The van der Waals surface area contributed by atoms with E-state index in [4.69, 9.17) is 28.6 Å². The first-order chi connectivity index (χ1) is 15.0. The molecule has 3 heterocycles. The quantitative estimate of drug-likeness (QED) is 0.499. The van der Waals surface area contributed by atoms with Crippen molar-refractivity contribution in [3.8, 4) is 0 Å². The summed E-state index contributed by atoms with van der Waals surface area (Å²) in [6, 6.07) is 15.4. The lowest BCUT2D eigenvalue weighted by molar-refractivity contribution is -0.119. The van der Waals surface area contributed by atoms with Crippen LogP contribution < -0.4 is 15.5 Å². The van der Waals surface area contributed by atoms with Crippen LogP contribution in [0.4, 0.5) is 11.4 Å². The first-order valence-corrected chi connectivity index (χ1v) is 11.2. The van der Waals surface area contributed by atoms with Crippen LogP contribution in [0, 0.1) is 6.92 Å². The number of carbonyl (C=O) groups excluding carboxylic acids is 1. The fourth-order valence-electron chi connectivity index (χ4n) is 3.61. The Morgan fingerprint density at radius 3 is 2.81 bits per heavy atom. The maximum Gasteiger partial charge on any atom is 0.250 e. The summed E-state index contributed by atoms with van der Waals surface area (Å²) < 4.78 is 4.86. The number of methoxy groups -OCH3 is 1. The summed E-state index contributed by atoms with van der Waals surface area (Å²) >= 11 is 14.0. The maximum atomic E-state index is 11.9. The maximum absolute atomic E-state index is 11.9. The van der Waals surface area contributed by atoms with Crippen molar-refractivity contribution in [3.63, 3.8) is 0 Å². The largest absolute Gasteiger partial charge is 0.375 e. The van der Waals surface area contributed by atoms with Gasteiger partial charge in [0, 0.05) is 28.7 Å². The van der Waals surface area contributed by atoms with Gasteiger partial charge in [0.15, 0.2) is 5.11 Å². The van der Waals surface area contributed by atoms with Gasteiger partial charge in [0.25, 0.3) is 0 Å². The Balaban J connectivity index is 1.71. The van der Waals surface area contributed by atoms with E-state index in [1.807, 2.05) is 30.3 Å². The molecule has 0 bridgehead atoms. The van der Waals surface area contributed by atoms with E-state index in [0.717, 1.165) is 11.4 Å². The van der Waals surface area contributed by atoms with Gasteiger partial charge in [-0.05, 0) is 61.6 Å². The van der Waals surface area contributed by atoms with E-state index in [1.165, 1.54) is 16.9 Å². The molecule has 1 saturated heterocycles. The average molecular weight is 473 g/mol. The Morgan fingerprint density at radius 1 is 1.32 bits per heavy atom. The highest BCUT2D eigenvalue weighted by molar-refractivity contribution is 7.80. The summed E-state index contributed by atoms with van der Waals surface area (Å²) in [6.45, 7) is 2.05. The minimum absolute atomic E-state index is 0.0379. The normalized spacial score (nSPS) is 18.2. The molecule has 1 amide bonds. The lowest BCUT2D eigenvalue weighted by Crippen LogP contribution is -2.29. The number of hydrogen-bond acceptors (Lipinski definition) is 5. The van der Waals surface area contributed by atoms with Crippen LogP contribution in [0.2, 0.25) is 5.02 Å². The van der Waals surface area contributed by atoms with Crippen molar-refractivity contribution in [1.82, 2.24) is 10.3 Å². The second-order valence-corrected chi connectivity index (χ2v) is 9.20. The van der Waals surface area contributed by atoms with Crippen LogP contribution in [0.5, 0.6) is 0 Å². The first kappa shape index (κ1) is 21.7. The van der Waals surface area contributed by atoms with Crippen LogP contribution in [0.15, 0.2) is 54.7 Å². The molecule has 0 aliphatic carbocycles. The molecule has 2 N–H and O–H groups in total. The highest BCUT2D eigenvalue weighted by atomic mass is 35.5. The highest BCUT2D eigenvalue weighted by Crippen LogP contribution is 2.44. The number of anilines is 2. The number of aryl methyl sites for hydroxylation is 1. The highest BCUT2D eigenvalue weighted by Gasteiger charge is 2.41. The van der Waals surface area contributed by atoms with Gasteiger partial charge in [-0.1, -0.05) is 17.7 Å². The first-order valence-electron chi connectivity index (χ1n) is 9.63. The fourth-order valence-corrected chi connectivity index (χ4v) is 5.18. The van der Waals surface area contributed by atoms with Crippen LogP contribution in [0.3, 0.4) is 0 Å². The van der Waals surface area contributed by atoms with Crippen molar-refractivity contribution >= 4 is 57.5 Å². The summed E-state index contributed by atoms with van der Waals surface area (Å²) in [6.07, 6.45) is 1.79. The standard InChI is InChI=1S/C22H21ClN4O2S2/c1-13-6-9-18(31-13)21-20(17-5-3-4-10-24-17)26-22(30)27(21)14-7-8-16(15(23)11-14)25-19(28)12-29-2/h3-11,20-21H,12H2,1-2H3,(H,25,28)(H,26,30). The lowest BCUT2D eigenvalue weighted by Gasteiger charge is -2.27. The van der Waals surface area contributed by atoms with Crippen LogP contribution in [0.25, 0.3) is 0 Å². The number of nitrogens with zero attached hydrogens (tertiary/aromatic N) is 2. The van der Waals surface area contributed by atoms with Crippen LogP contribution >= 0.6 is 35.2 Å². The molecule has 3 aromatic rings. The molecule has 4 rings (SSSR count). The van der Waals surface area contributed by atoms with E-state index in [-0.39, 0.29) is 24.6 Å². The summed E-state index contributed by atoms with van der Waals surface area (Å²) in [4.78, 5) is 20.9. The molecule has 1 fully saturated rings. The van der Waals surface area contributed by atoms with Gasteiger partial charge in [0.05, 0.1) is 28.5 Å². The zero-order valence-electron chi connectivity index (χ0n) is 17.0. The van der Waals surface area contributed by atoms with E-state index < -0.39 is 0 Å². The molecular formula is C22H21ClN4O2S2. The zero-order valence-corrected chi connectivity index (χ0v) is 19.4. The van der Waals surface area contributed by atoms with Crippen LogP contribution in [-0.2, 0) is 9.53 Å².